The summed E-state index contributed by atoms with van der Waals surface area (Å²) >= 11 is 1.20. The highest BCUT2D eigenvalue weighted by atomic mass is 32.2. The molecule has 0 aliphatic rings. The lowest BCUT2D eigenvalue weighted by Crippen LogP contribution is -2.06. The zero-order chi connectivity index (χ0) is 15.4. The van der Waals surface area contributed by atoms with Crippen LogP contribution in [0.15, 0.2) is 35.2 Å². The van der Waals surface area contributed by atoms with Gasteiger partial charge in [0.1, 0.15) is 11.6 Å². The molecule has 0 fully saturated rings. The quantitative estimate of drug-likeness (QED) is 0.811. The molecule has 0 aromatic heterocycles. The first kappa shape index (κ1) is 16.0. The fraction of sp³-hybridized carbons (Fsp3) is 0.294. The molecule has 0 heterocycles. The minimum Gasteiger partial charge on any atom is -0.316 e. The summed E-state index contributed by atoms with van der Waals surface area (Å²) in [5.41, 5.74) is 4.02. The molecule has 0 saturated carbocycles. The highest BCUT2D eigenvalue weighted by Gasteiger charge is 2.12. The summed E-state index contributed by atoms with van der Waals surface area (Å²) in [6.07, 6.45) is 0. The Morgan fingerprint density at radius 2 is 1.48 bits per heavy atom. The van der Waals surface area contributed by atoms with Crippen molar-refractivity contribution in [2.45, 2.75) is 31.0 Å². The zero-order valence-electron chi connectivity index (χ0n) is 12.5. The molecule has 1 nitrogen and oxygen atoms in total. The van der Waals surface area contributed by atoms with Crippen molar-refractivity contribution in [3.8, 4) is 0 Å². The third kappa shape index (κ3) is 4.29. The van der Waals surface area contributed by atoms with E-state index in [0.29, 0.717) is 17.9 Å². The van der Waals surface area contributed by atoms with E-state index in [1.165, 1.54) is 23.9 Å². The van der Waals surface area contributed by atoms with Gasteiger partial charge in [0, 0.05) is 12.3 Å². The predicted molar refractivity (Wildman–Crippen MR) is 84.6 cm³/mol. The van der Waals surface area contributed by atoms with Crippen LogP contribution in [0.25, 0.3) is 0 Å². The molecule has 2 aromatic carbocycles. The van der Waals surface area contributed by atoms with Gasteiger partial charge < -0.3 is 5.32 Å². The zero-order valence-corrected chi connectivity index (χ0v) is 13.3. The van der Waals surface area contributed by atoms with Crippen LogP contribution >= 0.6 is 11.8 Å². The Balaban J connectivity index is 2.16. The third-order valence-corrected chi connectivity index (χ3v) is 4.26. The molecule has 0 spiro atoms. The summed E-state index contributed by atoms with van der Waals surface area (Å²) in [5.74, 6) is -0.425. The van der Waals surface area contributed by atoms with Crippen LogP contribution in [-0.2, 0) is 12.3 Å². The Morgan fingerprint density at radius 3 is 2.00 bits per heavy atom. The maximum atomic E-state index is 14.0. The molecular formula is C17H19F2NS. The number of aryl methyl sites for hydroxylation is 2. The summed E-state index contributed by atoms with van der Waals surface area (Å²) < 4.78 is 28.0. The van der Waals surface area contributed by atoms with Crippen LogP contribution in [0.4, 0.5) is 8.78 Å². The average Bonchev–Trinajstić information content (AvgIpc) is 2.36. The van der Waals surface area contributed by atoms with Crippen LogP contribution in [0.3, 0.4) is 0 Å². The average molecular weight is 307 g/mol. The van der Waals surface area contributed by atoms with Crippen molar-refractivity contribution < 1.29 is 8.78 Å². The van der Waals surface area contributed by atoms with E-state index in [1.807, 2.05) is 26.0 Å². The molecule has 0 bridgehead atoms. The first-order valence-electron chi connectivity index (χ1n) is 6.82. The Kier molecular flexibility index (Phi) is 5.37. The molecule has 0 saturated heterocycles. The maximum absolute atomic E-state index is 14.0. The van der Waals surface area contributed by atoms with E-state index in [9.17, 15) is 8.78 Å². The van der Waals surface area contributed by atoms with Crippen LogP contribution in [0, 0.1) is 25.5 Å². The Morgan fingerprint density at radius 1 is 0.905 bits per heavy atom. The molecule has 2 aromatic rings. The van der Waals surface area contributed by atoms with E-state index < -0.39 is 11.6 Å². The topological polar surface area (TPSA) is 12.0 Å². The smallest absolute Gasteiger partial charge is 0.140 e. The van der Waals surface area contributed by atoms with Crippen molar-refractivity contribution in [3.63, 3.8) is 0 Å². The van der Waals surface area contributed by atoms with Crippen molar-refractivity contribution in [3.05, 3.63) is 64.2 Å². The first-order valence-corrected chi connectivity index (χ1v) is 7.80. The van der Waals surface area contributed by atoms with Crippen molar-refractivity contribution >= 4 is 11.8 Å². The second-order valence-corrected chi connectivity index (χ2v) is 6.19. The second kappa shape index (κ2) is 7.05. The number of nitrogens with one attached hydrogen (secondary N) is 1. The third-order valence-electron chi connectivity index (χ3n) is 3.10. The Bertz CT molecular complexity index is 597. The van der Waals surface area contributed by atoms with Crippen LogP contribution in [-0.4, -0.2) is 7.05 Å². The maximum Gasteiger partial charge on any atom is 0.140 e. The predicted octanol–water partition coefficient (Wildman–Crippen LogP) is 4.59. The molecule has 0 aliphatic carbocycles. The first-order chi connectivity index (χ1) is 9.99. The van der Waals surface area contributed by atoms with Crippen molar-refractivity contribution in [1.29, 1.82) is 0 Å². The van der Waals surface area contributed by atoms with Gasteiger partial charge in [-0.1, -0.05) is 29.3 Å². The summed E-state index contributed by atoms with van der Waals surface area (Å²) in [6, 6.07) is 8.96. The standard InChI is InChI=1S/C17H19F2NS/c1-11-4-12(2)6-14(5-11)10-21-17-15(18)7-13(9-20-3)8-16(17)19/h4-8,20H,9-10H2,1-3H3. The lowest BCUT2D eigenvalue weighted by atomic mass is 10.1. The number of hydrogen-bond acceptors (Lipinski definition) is 2. The highest BCUT2D eigenvalue weighted by molar-refractivity contribution is 7.98. The van der Waals surface area contributed by atoms with Gasteiger partial charge in [-0.25, -0.2) is 8.78 Å². The molecule has 0 atom stereocenters. The van der Waals surface area contributed by atoms with Crippen LogP contribution in [0.1, 0.15) is 22.3 Å². The van der Waals surface area contributed by atoms with Crippen LogP contribution < -0.4 is 5.32 Å². The van der Waals surface area contributed by atoms with Gasteiger partial charge in [-0.3, -0.25) is 0 Å². The molecule has 0 unspecified atom stereocenters. The fourth-order valence-electron chi connectivity index (χ4n) is 2.36. The Labute approximate surface area is 128 Å². The van der Waals surface area contributed by atoms with Crippen LogP contribution in [0.2, 0.25) is 0 Å². The summed E-state index contributed by atoms with van der Waals surface area (Å²) in [4.78, 5) is 0.0917. The Hall–Kier alpha value is -1.39. The minimum atomic E-state index is -0.491. The van der Waals surface area contributed by atoms with Gasteiger partial charge in [0.15, 0.2) is 0 Å². The van der Waals surface area contributed by atoms with Gasteiger partial charge in [0.2, 0.25) is 0 Å². The molecule has 21 heavy (non-hydrogen) atoms. The van der Waals surface area contributed by atoms with Crippen molar-refractivity contribution in [1.82, 2.24) is 5.32 Å². The molecular weight excluding hydrogens is 288 g/mol. The molecule has 0 radical (unpaired) electrons. The van der Waals surface area contributed by atoms with Gasteiger partial charge in [-0.2, -0.15) is 0 Å². The normalized spacial score (nSPS) is 10.9. The number of benzene rings is 2. The van der Waals surface area contributed by atoms with Gasteiger partial charge >= 0.3 is 0 Å². The lowest BCUT2D eigenvalue weighted by Gasteiger charge is -2.09. The van der Waals surface area contributed by atoms with E-state index in [2.05, 4.69) is 11.4 Å². The largest absolute Gasteiger partial charge is 0.316 e. The number of thioether (sulfide) groups is 1. The molecule has 2 rings (SSSR count). The van der Waals surface area contributed by atoms with Gasteiger partial charge in [0.05, 0.1) is 4.90 Å². The van der Waals surface area contributed by atoms with E-state index in [1.54, 1.807) is 7.05 Å². The summed E-state index contributed by atoms with van der Waals surface area (Å²) in [6.45, 7) is 4.50. The summed E-state index contributed by atoms with van der Waals surface area (Å²) in [7, 11) is 1.75. The number of halogens is 2. The number of hydrogen-bond donors (Lipinski definition) is 1. The van der Waals surface area contributed by atoms with E-state index in [0.717, 1.165) is 16.7 Å². The molecule has 1 N–H and O–H groups in total. The van der Waals surface area contributed by atoms with Gasteiger partial charge in [0.25, 0.3) is 0 Å². The molecule has 112 valence electrons. The van der Waals surface area contributed by atoms with Crippen LogP contribution in [0.5, 0.6) is 0 Å². The lowest BCUT2D eigenvalue weighted by molar-refractivity contribution is 0.536. The molecule has 0 aliphatic heterocycles. The highest BCUT2D eigenvalue weighted by Crippen LogP contribution is 2.29. The fourth-order valence-corrected chi connectivity index (χ4v) is 3.24. The minimum absolute atomic E-state index is 0.0917. The molecule has 0 amide bonds. The SMILES string of the molecule is CNCc1cc(F)c(SCc2cc(C)cc(C)c2)c(F)c1. The van der Waals surface area contributed by atoms with E-state index in [4.69, 9.17) is 0 Å². The van der Waals surface area contributed by atoms with Crippen molar-refractivity contribution in [2.24, 2.45) is 0 Å². The van der Waals surface area contributed by atoms with E-state index in [-0.39, 0.29) is 4.90 Å². The molecule has 4 heteroatoms. The summed E-state index contributed by atoms with van der Waals surface area (Å²) in [5, 5.41) is 2.89. The van der Waals surface area contributed by atoms with Gasteiger partial charge in [-0.15, -0.1) is 11.8 Å². The second-order valence-electron chi connectivity index (χ2n) is 5.20. The van der Waals surface area contributed by atoms with Crippen molar-refractivity contribution in [2.75, 3.05) is 7.05 Å². The van der Waals surface area contributed by atoms with E-state index >= 15 is 0 Å². The monoisotopic (exact) mass is 307 g/mol. The van der Waals surface area contributed by atoms with Gasteiger partial charge in [-0.05, 0) is 44.2 Å². The number of rotatable bonds is 5.